The number of anilines is 1. The number of aliphatic hydroxyl groups excluding tert-OH is 1. The lowest BCUT2D eigenvalue weighted by Crippen LogP contribution is -2.28. The predicted molar refractivity (Wildman–Crippen MR) is 110 cm³/mol. The van der Waals surface area contributed by atoms with E-state index in [1.807, 2.05) is 18.3 Å². The van der Waals surface area contributed by atoms with Crippen molar-refractivity contribution in [1.29, 1.82) is 0 Å². The van der Waals surface area contributed by atoms with Crippen LogP contribution in [0.5, 0.6) is 0 Å². The van der Waals surface area contributed by atoms with Crippen molar-refractivity contribution in [3.8, 4) is 0 Å². The smallest absolute Gasteiger partial charge is 0.414 e. The Hall–Kier alpha value is -2.26. The van der Waals surface area contributed by atoms with Crippen molar-refractivity contribution in [3.63, 3.8) is 0 Å². The molecule has 2 aliphatic carbocycles. The van der Waals surface area contributed by atoms with Gasteiger partial charge in [-0.1, -0.05) is 6.92 Å². The molecule has 1 saturated carbocycles. The summed E-state index contributed by atoms with van der Waals surface area (Å²) in [5.41, 5.74) is 1.49. The van der Waals surface area contributed by atoms with Gasteiger partial charge in [-0.05, 0) is 63.4 Å². The van der Waals surface area contributed by atoms with Gasteiger partial charge in [0.1, 0.15) is 16.5 Å². The largest absolute Gasteiger partial charge is 0.473 e. The van der Waals surface area contributed by atoms with Gasteiger partial charge in [-0.15, -0.1) is 11.3 Å². The fraction of sp³-hybridized carbons (Fsp3) is 0.600. The molecule has 9 heteroatoms. The van der Waals surface area contributed by atoms with Gasteiger partial charge < -0.3 is 20.6 Å². The maximum atomic E-state index is 9.71. The molecule has 0 aromatic carbocycles. The second kappa shape index (κ2) is 9.04. The van der Waals surface area contributed by atoms with Gasteiger partial charge in [-0.2, -0.15) is 0 Å². The number of nitrogens with one attached hydrogen (secondary N) is 1. The van der Waals surface area contributed by atoms with Gasteiger partial charge in [-0.25, -0.2) is 19.6 Å². The summed E-state index contributed by atoms with van der Waals surface area (Å²) in [7, 11) is 0. The molecule has 158 valence electrons. The number of carboxylic acids is 2. The van der Waals surface area contributed by atoms with Crippen LogP contribution in [0.2, 0.25) is 0 Å². The van der Waals surface area contributed by atoms with Crippen LogP contribution in [0, 0.1) is 12.8 Å². The lowest BCUT2D eigenvalue weighted by molar-refractivity contribution is -0.159. The molecular weight excluding hydrogens is 394 g/mol. The van der Waals surface area contributed by atoms with E-state index in [9.17, 15) is 5.11 Å². The number of fused-ring (bicyclic) bond motifs is 3. The second-order valence-electron chi connectivity index (χ2n) is 7.91. The van der Waals surface area contributed by atoms with E-state index in [1.165, 1.54) is 28.7 Å². The van der Waals surface area contributed by atoms with Gasteiger partial charge in [-0.3, -0.25) is 0 Å². The molecule has 1 fully saturated rings. The fourth-order valence-electron chi connectivity index (χ4n) is 3.97. The van der Waals surface area contributed by atoms with Crippen molar-refractivity contribution < 1.29 is 24.9 Å². The van der Waals surface area contributed by atoms with E-state index in [0.29, 0.717) is 6.04 Å². The molecule has 2 aliphatic rings. The predicted octanol–water partition coefficient (Wildman–Crippen LogP) is 3.00. The summed E-state index contributed by atoms with van der Waals surface area (Å²) in [6.45, 7) is 4.33. The standard InChI is InChI=1S/C18H25N3OS.C2H2O4/c1-10-3-8-14-15(9-10)23-18-16(14)17(19-11(2)20-18)21-12-4-6-13(22)7-5-12;3-1(4)2(5)6/h10,12-13,22H,3-9H2,1-2H3,(H,19,20,21);(H,3,4)(H,5,6). The maximum absolute atomic E-state index is 9.71. The highest BCUT2D eigenvalue weighted by atomic mass is 32.1. The van der Waals surface area contributed by atoms with Gasteiger partial charge >= 0.3 is 11.9 Å². The molecule has 8 nitrogen and oxygen atoms in total. The number of hydrogen-bond acceptors (Lipinski definition) is 7. The minimum Gasteiger partial charge on any atom is -0.473 e. The molecule has 4 N–H and O–H groups in total. The summed E-state index contributed by atoms with van der Waals surface area (Å²) in [5.74, 6) is -0.991. The molecule has 0 saturated heterocycles. The number of aromatic nitrogens is 2. The minimum atomic E-state index is -1.82. The summed E-state index contributed by atoms with van der Waals surface area (Å²) in [6.07, 6.45) is 7.32. The number of aryl methyl sites for hydroxylation is 2. The minimum absolute atomic E-state index is 0.115. The van der Waals surface area contributed by atoms with E-state index >= 15 is 0 Å². The first-order valence-electron chi connectivity index (χ1n) is 9.94. The second-order valence-corrected chi connectivity index (χ2v) is 9.00. The third kappa shape index (κ3) is 5.22. The first-order valence-corrected chi connectivity index (χ1v) is 10.8. The molecule has 29 heavy (non-hydrogen) atoms. The van der Waals surface area contributed by atoms with Crippen molar-refractivity contribution in [2.24, 2.45) is 5.92 Å². The van der Waals surface area contributed by atoms with E-state index in [0.717, 1.165) is 54.5 Å². The first-order chi connectivity index (χ1) is 13.7. The molecule has 0 aliphatic heterocycles. The van der Waals surface area contributed by atoms with Crippen molar-refractivity contribution >= 4 is 39.3 Å². The molecule has 0 radical (unpaired) electrons. The van der Waals surface area contributed by atoms with E-state index in [4.69, 9.17) is 29.8 Å². The lowest BCUT2D eigenvalue weighted by atomic mass is 9.89. The van der Waals surface area contributed by atoms with Crippen molar-refractivity contribution in [3.05, 3.63) is 16.3 Å². The normalized spacial score (nSPS) is 23.6. The van der Waals surface area contributed by atoms with Crippen molar-refractivity contribution in [1.82, 2.24) is 9.97 Å². The first kappa shape index (κ1) is 21.4. The number of nitrogens with zero attached hydrogens (tertiary/aromatic N) is 2. The van der Waals surface area contributed by atoms with Crippen LogP contribution in [0.3, 0.4) is 0 Å². The van der Waals surface area contributed by atoms with Crippen molar-refractivity contribution in [2.45, 2.75) is 70.9 Å². The molecular formula is C20H27N3O5S. The molecule has 0 spiro atoms. The van der Waals surface area contributed by atoms with Crippen LogP contribution in [-0.4, -0.2) is 49.4 Å². The Morgan fingerprint density at radius 2 is 1.72 bits per heavy atom. The molecule has 2 heterocycles. The van der Waals surface area contributed by atoms with E-state index in [-0.39, 0.29) is 6.10 Å². The van der Waals surface area contributed by atoms with E-state index in [1.54, 1.807) is 0 Å². The summed E-state index contributed by atoms with van der Waals surface area (Å²) in [5, 5.41) is 29.4. The monoisotopic (exact) mass is 421 g/mol. The van der Waals surface area contributed by atoms with Gasteiger partial charge in [0.15, 0.2) is 0 Å². The molecule has 1 atom stereocenters. The van der Waals surface area contributed by atoms with Crippen molar-refractivity contribution in [2.75, 3.05) is 5.32 Å². The summed E-state index contributed by atoms with van der Waals surface area (Å²) >= 11 is 1.86. The molecule has 2 aromatic heterocycles. The zero-order chi connectivity index (χ0) is 21.1. The lowest BCUT2D eigenvalue weighted by Gasteiger charge is -2.27. The summed E-state index contributed by atoms with van der Waals surface area (Å²) in [4.78, 5) is 30.3. The van der Waals surface area contributed by atoms with Crippen LogP contribution in [0.15, 0.2) is 0 Å². The number of aliphatic hydroxyl groups is 1. The quantitative estimate of drug-likeness (QED) is 0.544. The van der Waals surface area contributed by atoms with Crippen LogP contribution in [0.25, 0.3) is 10.2 Å². The highest BCUT2D eigenvalue weighted by molar-refractivity contribution is 7.19. The average molecular weight is 422 g/mol. The van der Waals surface area contributed by atoms with Gasteiger partial charge in [0.2, 0.25) is 0 Å². The number of aliphatic carboxylic acids is 2. The number of rotatable bonds is 2. The molecule has 0 bridgehead atoms. The van der Waals surface area contributed by atoms with Gasteiger partial charge in [0.05, 0.1) is 11.5 Å². The van der Waals surface area contributed by atoms with Crippen LogP contribution in [0.1, 0.15) is 55.3 Å². The number of hydrogen-bond donors (Lipinski definition) is 4. The van der Waals surface area contributed by atoms with Gasteiger partial charge in [0.25, 0.3) is 0 Å². The van der Waals surface area contributed by atoms with E-state index < -0.39 is 11.9 Å². The molecule has 2 aromatic rings. The highest BCUT2D eigenvalue weighted by Crippen LogP contribution is 2.40. The Bertz CT molecular complexity index is 893. The summed E-state index contributed by atoms with van der Waals surface area (Å²) < 4.78 is 0. The Kier molecular flexibility index (Phi) is 6.69. The third-order valence-electron chi connectivity index (χ3n) is 5.49. The maximum Gasteiger partial charge on any atom is 0.414 e. The average Bonchev–Trinajstić information content (AvgIpc) is 3.01. The molecule has 4 rings (SSSR count). The van der Waals surface area contributed by atoms with Gasteiger partial charge in [0, 0.05) is 10.9 Å². The Labute approximate surface area is 173 Å². The SMILES string of the molecule is Cc1nc(NC2CCC(O)CC2)c2c3c(sc2n1)CC(C)CC3.O=C(O)C(=O)O. The summed E-state index contributed by atoms with van der Waals surface area (Å²) in [6, 6.07) is 0.425. The zero-order valence-electron chi connectivity index (χ0n) is 16.6. The Balaban J connectivity index is 0.000000353. The molecule has 1 unspecified atom stereocenters. The fourth-order valence-corrected chi connectivity index (χ4v) is 5.40. The number of carboxylic acid groups (broad SMARTS) is 2. The van der Waals surface area contributed by atoms with Crippen LogP contribution in [0.4, 0.5) is 5.82 Å². The van der Waals surface area contributed by atoms with Crippen LogP contribution >= 0.6 is 11.3 Å². The zero-order valence-corrected chi connectivity index (χ0v) is 17.5. The number of carbonyl (C=O) groups is 2. The van der Waals surface area contributed by atoms with Crippen LogP contribution < -0.4 is 5.32 Å². The highest BCUT2D eigenvalue weighted by Gasteiger charge is 2.25. The third-order valence-corrected chi connectivity index (χ3v) is 6.64. The molecule has 0 amide bonds. The van der Waals surface area contributed by atoms with Crippen LogP contribution in [-0.2, 0) is 22.4 Å². The van der Waals surface area contributed by atoms with E-state index in [2.05, 4.69) is 12.2 Å². The topological polar surface area (TPSA) is 133 Å². The Morgan fingerprint density at radius 3 is 2.34 bits per heavy atom. The number of thiophene rings is 1. The Morgan fingerprint density at radius 1 is 1.07 bits per heavy atom.